The van der Waals surface area contributed by atoms with Crippen LogP contribution in [-0.2, 0) is 4.79 Å². The van der Waals surface area contributed by atoms with E-state index in [1.807, 2.05) is 24.3 Å². The van der Waals surface area contributed by atoms with Gasteiger partial charge in [0.2, 0.25) is 5.91 Å². The van der Waals surface area contributed by atoms with Crippen molar-refractivity contribution in [2.45, 2.75) is 36.1 Å². The average Bonchev–Trinajstić information content (AvgIpc) is 3.53. The lowest BCUT2D eigenvalue weighted by atomic mass is 10.1. The minimum absolute atomic E-state index is 0.101. The Morgan fingerprint density at radius 3 is 2.72 bits per heavy atom. The number of thioether (sulfide) groups is 1. The van der Waals surface area contributed by atoms with E-state index >= 15 is 0 Å². The van der Waals surface area contributed by atoms with E-state index in [-0.39, 0.29) is 17.9 Å². The molecule has 1 atom stereocenters. The third kappa shape index (κ3) is 4.86. The summed E-state index contributed by atoms with van der Waals surface area (Å²) in [5.74, 6) is 0.127. The van der Waals surface area contributed by atoms with Gasteiger partial charge in [0, 0.05) is 17.6 Å². The first-order chi connectivity index (χ1) is 14.0. The fraction of sp³-hybridized carbons (Fsp3) is 0.238. The van der Waals surface area contributed by atoms with Crippen molar-refractivity contribution in [3.8, 4) is 0 Å². The molecule has 8 heteroatoms. The maximum Gasteiger partial charge on any atom is 0.252 e. The standard InChI is InChI=1S/C21H19ClN4O2S/c1-12(20(27)26-18-9-6-13(22)11-23-18)29-19-10-16(21(28)24-14-7-8-14)15-4-2-3-5-17(15)25-19/h2-6,9-12,14H,7-8H2,1H3,(H,24,28)(H,23,26,27). The van der Waals surface area contributed by atoms with Crippen LogP contribution in [0.4, 0.5) is 5.82 Å². The SMILES string of the molecule is CC(Sc1cc(C(=O)NC2CC2)c2ccccc2n1)C(=O)Nc1ccc(Cl)cn1. The van der Waals surface area contributed by atoms with Gasteiger partial charge in [0.1, 0.15) is 5.82 Å². The maximum atomic E-state index is 12.7. The van der Waals surface area contributed by atoms with Crippen LogP contribution < -0.4 is 10.6 Å². The molecule has 2 aromatic heterocycles. The van der Waals surface area contributed by atoms with Crippen molar-refractivity contribution < 1.29 is 9.59 Å². The molecule has 29 heavy (non-hydrogen) atoms. The van der Waals surface area contributed by atoms with Crippen LogP contribution >= 0.6 is 23.4 Å². The van der Waals surface area contributed by atoms with E-state index in [4.69, 9.17) is 11.6 Å². The molecule has 0 radical (unpaired) electrons. The van der Waals surface area contributed by atoms with E-state index in [9.17, 15) is 9.59 Å². The fourth-order valence-corrected chi connectivity index (χ4v) is 3.78. The summed E-state index contributed by atoms with van der Waals surface area (Å²) in [7, 11) is 0. The third-order valence-corrected chi connectivity index (χ3v) is 5.74. The van der Waals surface area contributed by atoms with Crippen molar-refractivity contribution in [1.29, 1.82) is 0 Å². The molecule has 1 aliphatic rings. The van der Waals surface area contributed by atoms with Crippen molar-refractivity contribution >= 4 is 51.9 Å². The number of carbonyl (C=O) groups is 2. The first-order valence-electron chi connectivity index (χ1n) is 9.29. The maximum absolute atomic E-state index is 12.7. The van der Waals surface area contributed by atoms with Crippen LogP contribution in [0.3, 0.4) is 0 Å². The number of hydrogen-bond donors (Lipinski definition) is 2. The number of anilines is 1. The molecule has 1 aliphatic carbocycles. The molecule has 0 aliphatic heterocycles. The zero-order valence-corrected chi connectivity index (χ0v) is 17.3. The number of para-hydroxylation sites is 1. The van der Waals surface area contributed by atoms with Crippen LogP contribution in [0.25, 0.3) is 10.9 Å². The quantitative estimate of drug-likeness (QED) is 0.574. The van der Waals surface area contributed by atoms with E-state index in [0.29, 0.717) is 21.4 Å². The number of amides is 2. The summed E-state index contributed by atoms with van der Waals surface area (Å²) in [5, 5.41) is 7.29. The second-order valence-electron chi connectivity index (χ2n) is 6.88. The van der Waals surface area contributed by atoms with Crippen LogP contribution in [0.2, 0.25) is 5.02 Å². The largest absolute Gasteiger partial charge is 0.349 e. The summed E-state index contributed by atoms with van der Waals surface area (Å²) in [6.45, 7) is 1.79. The van der Waals surface area contributed by atoms with Gasteiger partial charge in [-0.25, -0.2) is 9.97 Å². The highest BCUT2D eigenvalue weighted by Crippen LogP contribution is 2.28. The third-order valence-electron chi connectivity index (χ3n) is 4.50. The second-order valence-corrected chi connectivity index (χ2v) is 8.68. The van der Waals surface area contributed by atoms with Gasteiger partial charge in [-0.3, -0.25) is 9.59 Å². The van der Waals surface area contributed by atoms with E-state index in [2.05, 4.69) is 20.6 Å². The Labute approximate surface area is 177 Å². The van der Waals surface area contributed by atoms with Crippen molar-refractivity contribution in [2.24, 2.45) is 0 Å². The molecule has 2 heterocycles. The number of carbonyl (C=O) groups excluding carboxylic acids is 2. The molecule has 0 spiro atoms. The smallest absolute Gasteiger partial charge is 0.252 e. The van der Waals surface area contributed by atoms with Crippen LogP contribution in [0.5, 0.6) is 0 Å². The highest BCUT2D eigenvalue weighted by Gasteiger charge is 2.25. The van der Waals surface area contributed by atoms with Gasteiger partial charge in [0.05, 0.1) is 26.4 Å². The number of halogens is 1. The van der Waals surface area contributed by atoms with Crippen molar-refractivity contribution in [3.05, 3.63) is 59.2 Å². The van der Waals surface area contributed by atoms with Crippen LogP contribution in [-0.4, -0.2) is 33.1 Å². The highest BCUT2D eigenvalue weighted by molar-refractivity contribution is 8.00. The zero-order valence-electron chi connectivity index (χ0n) is 15.7. The average molecular weight is 427 g/mol. The van der Waals surface area contributed by atoms with Gasteiger partial charge in [0.15, 0.2) is 0 Å². The monoisotopic (exact) mass is 426 g/mol. The topological polar surface area (TPSA) is 84.0 Å². The normalized spacial score (nSPS) is 14.4. The summed E-state index contributed by atoms with van der Waals surface area (Å²) >= 11 is 7.12. The van der Waals surface area contributed by atoms with Gasteiger partial charge in [-0.2, -0.15) is 0 Å². The van der Waals surface area contributed by atoms with Gasteiger partial charge in [0.25, 0.3) is 5.91 Å². The number of nitrogens with one attached hydrogen (secondary N) is 2. The molecule has 0 saturated heterocycles. The van der Waals surface area contributed by atoms with Gasteiger partial charge >= 0.3 is 0 Å². The number of nitrogens with zero attached hydrogens (tertiary/aromatic N) is 2. The molecule has 6 nitrogen and oxygen atoms in total. The van der Waals surface area contributed by atoms with E-state index < -0.39 is 5.25 Å². The van der Waals surface area contributed by atoms with E-state index in [1.165, 1.54) is 18.0 Å². The lowest BCUT2D eigenvalue weighted by Gasteiger charge is -2.13. The van der Waals surface area contributed by atoms with Crippen LogP contribution in [0, 0.1) is 0 Å². The Hall–Kier alpha value is -2.64. The number of aromatic nitrogens is 2. The molecular weight excluding hydrogens is 408 g/mol. The summed E-state index contributed by atoms with van der Waals surface area (Å²) in [4.78, 5) is 33.9. The molecule has 3 aromatic rings. The lowest BCUT2D eigenvalue weighted by Crippen LogP contribution is -2.26. The van der Waals surface area contributed by atoms with Gasteiger partial charge in [-0.1, -0.05) is 41.6 Å². The summed E-state index contributed by atoms with van der Waals surface area (Å²) < 4.78 is 0. The number of rotatable bonds is 6. The molecule has 1 fully saturated rings. The molecule has 1 unspecified atom stereocenters. The molecule has 1 saturated carbocycles. The van der Waals surface area contributed by atoms with Gasteiger partial charge in [-0.15, -0.1) is 0 Å². The Morgan fingerprint density at radius 1 is 1.21 bits per heavy atom. The molecule has 0 bridgehead atoms. The predicted octanol–water partition coefficient (Wildman–Crippen LogP) is 4.29. The van der Waals surface area contributed by atoms with Crippen molar-refractivity contribution in [1.82, 2.24) is 15.3 Å². The van der Waals surface area contributed by atoms with Gasteiger partial charge < -0.3 is 10.6 Å². The van der Waals surface area contributed by atoms with E-state index in [1.54, 1.807) is 25.1 Å². The lowest BCUT2D eigenvalue weighted by molar-refractivity contribution is -0.115. The molecule has 148 valence electrons. The minimum atomic E-state index is -0.430. The molecular formula is C21H19ClN4O2S. The Bertz CT molecular complexity index is 1070. The van der Waals surface area contributed by atoms with Gasteiger partial charge in [-0.05, 0) is 44.0 Å². The summed E-state index contributed by atoms with van der Waals surface area (Å²) in [5.41, 5.74) is 1.31. The summed E-state index contributed by atoms with van der Waals surface area (Å²) in [6.07, 6.45) is 3.52. The summed E-state index contributed by atoms with van der Waals surface area (Å²) in [6, 6.07) is 12.9. The first kappa shape index (κ1) is 19.7. The Morgan fingerprint density at radius 2 is 2.00 bits per heavy atom. The second kappa shape index (κ2) is 8.39. The Balaban J connectivity index is 1.54. The number of hydrogen-bond acceptors (Lipinski definition) is 5. The Kier molecular flexibility index (Phi) is 5.69. The van der Waals surface area contributed by atoms with Crippen LogP contribution in [0.1, 0.15) is 30.1 Å². The highest BCUT2D eigenvalue weighted by atomic mass is 35.5. The molecule has 4 rings (SSSR count). The van der Waals surface area contributed by atoms with Crippen molar-refractivity contribution in [3.63, 3.8) is 0 Å². The number of fused-ring (bicyclic) bond motifs is 1. The first-order valence-corrected chi connectivity index (χ1v) is 10.5. The predicted molar refractivity (Wildman–Crippen MR) is 115 cm³/mol. The fourth-order valence-electron chi connectivity index (χ4n) is 2.80. The van der Waals surface area contributed by atoms with E-state index in [0.717, 1.165) is 23.7 Å². The molecule has 2 N–H and O–H groups in total. The minimum Gasteiger partial charge on any atom is -0.349 e. The number of pyridine rings is 2. The zero-order chi connectivity index (χ0) is 20.4. The molecule has 2 amide bonds. The van der Waals surface area contributed by atoms with Crippen molar-refractivity contribution in [2.75, 3.05) is 5.32 Å². The molecule has 1 aromatic carbocycles. The van der Waals surface area contributed by atoms with Crippen LogP contribution in [0.15, 0.2) is 53.7 Å². The number of benzene rings is 1.